The predicted octanol–water partition coefficient (Wildman–Crippen LogP) is 3.87. The van der Waals surface area contributed by atoms with E-state index in [-0.39, 0.29) is 0 Å². The third-order valence-corrected chi connectivity index (χ3v) is 3.60. The van der Waals surface area contributed by atoms with E-state index in [0.717, 1.165) is 6.54 Å². The second kappa shape index (κ2) is 5.50. The second-order valence-corrected chi connectivity index (χ2v) is 5.83. The highest BCUT2D eigenvalue weighted by molar-refractivity contribution is 5.48. The van der Waals surface area contributed by atoms with Crippen molar-refractivity contribution in [3.8, 4) is 0 Å². The lowest BCUT2D eigenvalue weighted by Gasteiger charge is -2.17. The quantitative estimate of drug-likeness (QED) is 0.826. The SMILES string of the molecule is CC1(C)CCC(NC/C=C/c2ccccc2)C1. The molecular formula is C16H23N. The molecule has 0 radical (unpaired) electrons. The van der Waals surface area contributed by atoms with E-state index in [4.69, 9.17) is 0 Å². The van der Waals surface area contributed by atoms with Gasteiger partial charge in [0.25, 0.3) is 0 Å². The van der Waals surface area contributed by atoms with Crippen molar-refractivity contribution >= 4 is 6.08 Å². The van der Waals surface area contributed by atoms with Crippen LogP contribution in [0.4, 0.5) is 0 Å². The molecule has 1 atom stereocenters. The lowest BCUT2D eigenvalue weighted by atomic mass is 9.92. The van der Waals surface area contributed by atoms with Gasteiger partial charge in [0, 0.05) is 12.6 Å². The second-order valence-electron chi connectivity index (χ2n) is 5.83. The molecule has 1 heteroatoms. The van der Waals surface area contributed by atoms with E-state index >= 15 is 0 Å². The Hall–Kier alpha value is -1.08. The molecule has 1 aliphatic rings. The molecule has 0 amide bonds. The molecule has 1 aromatic carbocycles. The summed E-state index contributed by atoms with van der Waals surface area (Å²) in [5.41, 5.74) is 1.82. The summed E-state index contributed by atoms with van der Waals surface area (Å²) >= 11 is 0. The summed E-state index contributed by atoms with van der Waals surface area (Å²) in [7, 11) is 0. The van der Waals surface area contributed by atoms with Gasteiger partial charge in [-0.3, -0.25) is 0 Å². The van der Waals surface area contributed by atoms with Crippen molar-refractivity contribution < 1.29 is 0 Å². The van der Waals surface area contributed by atoms with E-state index in [1.165, 1.54) is 24.8 Å². The monoisotopic (exact) mass is 229 g/mol. The Morgan fingerprint density at radius 1 is 1.29 bits per heavy atom. The van der Waals surface area contributed by atoms with Crippen molar-refractivity contribution in [3.05, 3.63) is 42.0 Å². The first-order chi connectivity index (χ1) is 8.16. The van der Waals surface area contributed by atoms with Gasteiger partial charge in [0.15, 0.2) is 0 Å². The summed E-state index contributed by atoms with van der Waals surface area (Å²) in [5.74, 6) is 0. The largest absolute Gasteiger partial charge is 0.310 e. The van der Waals surface area contributed by atoms with Crippen molar-refractivity contribution in [2.24, 2.45) is 5.41 Å². The van der Waals surface area contributed by atoms with E-state index < -0.39 is 0 Å². The van der Waals surface area contributed by atoms with Crippen LogP contribution in [0.1, 0.15) is 38.7 Å². The zero-order valence-corrected chi connectivity index (χ0v) is 10.9. The van der Waals surface area contributed by atoms with Crippen molar-refractivity contribution in [1.82, 2.24) is 5.32 Å². The van der Waals surface area contributed by atoms with Crippen LogP contribution >= 0.6 is 0 Å². The molecule has 1 nitrogen and oxygen atoms in total. The van der Waals surface area contributed by atoms with E-state index in [9.17, 15) is 0 Å². The lowest BCUT2D eigenvalue weighted by molar-refractivity contribution is 0.367. The van der Waals surface area contributed by atoms with Gasteiger partial charge < -0.3 is 5.32 Å². The van der Waals surface area contributed by atoms with Gasteiger partial charge in [0.1, 0.15) is 0 Å². The molecule has 1 saturated carbocycles. The van der Waals surface area contributed by atoms with E-state index in [0.29, 0.717) is 11.5 Å². The number of nitrogens with one attached hydrogen (secondary N) is 1. The average molecular weight is 229 g/mol. The molecule has 1 N–H and O–H groups in total. The average Bonchev–Trinajstić information content (AvgIpc) is 2.66. The molecule has 0 bridgehead atoms. The summed E-state index contributed by atoms with van der Waals surface area (Å²) in [6.45, 7) is 5.72. The number of hydrogen-bond donors (Lipinski definition) is 1. The summed E-state index contributed by atoms with van der Waals surface area (Å²) in [5, 5.41) is 3.62. The lowest BCUT2D eigenvalue weighted by Crippen LogP contribution is -2.27. The van der Waals surface area contributed by atoms with Crippen LogP contribution in [0.5, 0.6) is 0 Å². The van der Waals surface area contributed by atoms with Crippen LogP contribution in [0.3, 0.4) is 0 Å². The first-order valence-corrected chi connectivity index (χ1v) is 6.61. The van der Waals surface area contributed by atoms with Gasteiger partial charge in [-0.2, -0.15) is 0 Å². The predicted molar refractivity (Wildman–Crippen MR) is 74.9 cm³/mol. The van der Waals surface area contributed by atoms with Crippen LogP contribution in [0.25, 0.3) is 6.08 Å². The highest BCUT2D eigenvalue weighted by Gasteiger charge is 2.29. The Labute approximate surface area is 105 Å². The fourth-order valence-electron chi connectivity index (χ4n) is 2.60. The summed E-state index contributed by atoms with van der Waals surface area (Å²) < 4.78 is 0. The molecule has 1 aromatic rings. The van der Waals surface area contributed by atoms with Gasteiger partial charge in [0.05, 0.1) is 0 Å². The minimum atomic E-state index is 0.542. The van der Waals surface area contributed by atoms with Gasteiger partial charge in [-0.05, 0) is 30.2 Å². The maximum atomic E-state index is 3.62. The third kappa shape index (κ3) is 4.01. The van der Waals surface area contributed by atoms with Crippen LogP contribution in [-0.2, 0) is 0 Å². The fourth-order valence-corrected chi connectivity index (χ4v) is 2.60. The van der Waals surface area contributed by atoms with E-state index in [1.807, 2.05) is 0 Å². The number of rotatable bonds is 4. The van der Waals surface area contributed by atoms with Gasteiger partial charge in [-0.25, -0.2) is 0 Å². The minimum absolute atomic E-state index is 0.542. The Morgan fingerprint density at radius 3 is 2.71 bits per heavy atom. The zero-order chi connectivity index (χ0) is 12.1. The van der Waals surface area contributed by atoms with E-state index in [2.05, 4.69) is 61.6 Å². The van der Waals surface area contributed by atoms with Gasteiger partial charge >= 0.3 is 0 Å². The Morgan fingerprint density at radius 2 is 2.06 bits per heavy atom. The van der Waals surface area contributed by atoms with Gasteiger partial charge in [0.2, 0.25) is 0 Å². The molecule has 1 unspecified atom stereocenters. The highest BCUT2D eigenvalue weighted by atomic mass is 14.9. The van der Waals surface area contributed by atoms with Crippen molar-refractivity contribution in [3.63, 3.8) is 0 Å². The van der Waals surface area contributed by atoms with Crippen LogP contribution < -0.4 is 5.32 Å². The molecule has 0 heterocycles. The minimum Gasteiger partial charge on any atom is -0.310 e. The molecule has 1 aliphatic carbocycles. The van der Waals surface area contributed by atoms with E-state index in [1.54, 1.807) is 0 Å². The molecule has 1 fully saturated rings. The topological polar surface area (TPSA) is 12.0 Å². The standard InChI is InChI=1S/C16H23N/c1-16(2)11-10-15(13-16)17-12-6-9-14-7-4-3-5-8-14/h3-9,15,17H,10-13H2,1-2H3/b9-6+. The fraction of sp³-hybridized carbons (Fsp3) is 0.500. The third-order valence-electron chi connectivity index (χ3n) is 3.60. The smallest absolute Gasteiger partial charge is 0.0140 e. The van der Waals surface area contributed by atoms with Crippen LogP contribution in [0, 0.1) is 5.41 Å². The van der Waals surface area contributed by atoms with Crippen molar-refractivity contribution in [2.45, 2.75) is 39.2 Å². The highest BCUT2D eigenvalue weighted by Crippen LogP contribution is 2.36. The normalized spacial score (nSPS) is 23.3. The molecule has 0 saturated heterocycles. The summed E-state index contributed by atoms with van der Waals surface area (Å²) in [6, 6.07) is 11.2. The molecule has 0 aromatic heterocycles. The Kier molecular flexibility index (Phi) is 4.01. The zero-order valence-electron chi connectivity index (χ0n) is 10.9. The summed E-state index contributed by atoms with van der Waals surface area (Å²) in [6.07, 6.45) is 8.40. The van der Waals surface area contributed by atoms with Crippen molar-refractivity contribution in [1.29, 1.82) is 0 Å². The maximum absolute atomic E-state index is 3.62. The van der Waals surface area contributed by atoms with Crippen LogP contribution in [0.2, 0.25) is 0 Å². The first kappa shape index (κ1) is 12.4. The molecule has 92 valence electrons. The molecule has 0 spiro atoms. The molecule has 17 heavy (non-hydrogen) atoms. The van der Waals surface area contributed by atoms with Crippen molar-refractivity contribution in [2.75, 3.05) is 6.54 Å². The van der Waals surface area contributed by atoms with Crippen LogP contribution in [-0.4, -0.2) is 12.6 Å². The van der Waals surface area contributed by atoms with Crippen LogP contribution in [0.15, 0.2) is 36.4 Å². The molecule has 2 rings (SSSR count). The van der Waals surface area contributed by atoms with Gasteiger partial charge in [-0.15, -0.1) is 0 Å². The number of hydrogen-bond acceptors (Lipinski definition) is 1. The maximum Gasteiger partial charge on any atom is 0.0140 e. The first-order valence-electron chi connectivity index (χ1n) is 6.61. The van der Waals surface area contributed by atoms with Gasteiger partial charge in [-0.1, -0.05) is 56.3 Å². The Bertz CT molecular complexity index is 364. The Balaban J connectivity index is 1.72. The number of benzene rings is 1. The molecular weight excluding hydrogens is 206 g/mol. The summed E-state index contributed by atoms with van der Waals surface area (Å²) in [4.78, 5) is 0. The molecule has 0 aliphatic heterocycles.